The van der Waals surface area contributed by atoms with Crippen molar-refractivity contribution < 1.29 is 14.3 Å². The fourth-order valence-electron chi connectivity index (χ4n) is 2.61. The number of benzene rings is 1. The van der Waals surface area contributed by atoms with E-state index < -0.39 is 11.8 Å². The van der Waals surface area contributed by atoms with E-state index in [1.807, 2.05) is 12.3 Å². The number of nitrogens with zero attached hydrogens (tertiary/aromatic N) is 2. The van der Waals surface area contributed by atoms with Crippen molar-refractivity contribution in [3.8, 4) is 5.75 Å². The zero-order chi connectivity index (χ0) is 22.2. The summed E-state index contributed by atoms with van der Waals surface area (Å²) in [6.45, 7) is 0.586. The topological polar surface area (TPSA) is 119 Å². The lowest BCUT2D eigenvalue weighted by atomic mass is 10.1. The monoisotopic (exact) mass is 457 g/mol. The number of hydrogen-bond acceptors (Lipinski definition) is 7. The highest BCUT2D eigenvalue weighted by atomic mass is 35.5. The van der Waals surface area contributed by atoms with E-state index in [0.717, 1.165) is 4.90 Å². The number of carbonyl (C=O) groups excluding carboxylic acids is 2. The molecule has 2 heterocycles. The molecule has 31 heavy (non-hydrogen) atoms. The number of amides is 2. The number of halogens is 1. The van der Waals surface area contributed by atoms with E-state index in [0.29, 0.717) is 28.7 Å². The normalized spacial score (nSPS) is 10.4. The lowest BCUT2D eigenvalue weighted by Gasteiger charge is -2.14. The molecule has 10 heteroatoms. The predicted octanol–water partition coefficient (Wildman–Crippen LogP) is 3.69. The van der Waals surface area contributed by atoms with Gasteiger partial charge in [0.2, 0.25) is 0 Å². The number of anilines is 2. The van der Waals surface area contributed by atoms with Crippen molar-refractivity contribution in [3.05, 3.63) is 71.1 Å². The van der Waals surface area contributed by atoms with Crippen molar-refractivity contribution in [2.75, 3.05) is 30.0 Å². The highest BCUT2D eigenvalue weighted by Gasteiger charge is 2.19. The number of carbonyl (C=O) groups is 2. The fraction of sp³-hybridized carbons (Fsp3) is 0.143. The van der Waals surface area contributed by atoms with Gasteiger partial charge in [-0.05, 0) is 48.7 Å². The molecule has 0 unspecified atom stereocenters. The van der Waals surface area contributed by atoms with Gasteiger partial charge in [0, 0.05) is 23.8 Å². The molecule has 8 nitrogen and oxygen atoms in total. The van der Waals surface area contributed by atoms with Crippen LogP contribution in [0, 0.1) is 0 Å². The van der Waals surface area contributed by atoms with E-state index in [-0.39, 0.29) is 18.0 Å². The zero-order valence-corrected chi connectivity index (χ0v) is 18.2. The Morgan fingerprint density at radius 2 is 1.97 bits per heavy atom. The van der Waals surface area contributed by atoms with Gasteiger partial charge in [-0.3, -0.25) is 9.59 Å². The highest BCUT2D eigenvalue weighted by Crippen LogP contribution is 2.27. The van der Waals surface area contributed by atoms with E-state index in [9.17, 15) is 9.59 Å². The third kappa shape index (κ3) is 5.94. The average molecular weight is 458 g/mol. The number of pyridine rings is 2. The third-order valence-electron chi connectivity index (χ3n) is 4.05. The molecule has 0 fully saturated rings. The molecule has 2 aromatic heterocycles. The SMILES string of the molecule is CSc1ccc(C(=O)Nc2cccnc2C(=O)Nc2ccc(Cl)cn2)c(OCCN)c1. The first-order valence-electron chi connectivity index (χ1n) is 9.22. The molecule has 0 aliphatic rings. The quantitative estimate of drug-likeness (QED) is 0.441. The minimum atomic E-state index is -0.525. The maximum Gasteiger partial charge on any atom is 0.277 e. The molecule has 1 aromatic carbocycles. The molecule has 2 amide bonds. The van der Waals surface area contributed by atoms with Crippen molar-refractivity contribution in [2.24, 2.45) is 5.73 Å². The first-order valence-corrected chi connectivity index (χ1v) is 10.8. The van der Waals surface area contributed by atoms with Crippen LogP contribution in [0.15, 0.2) is 59.8 Å². The number of thioether (sulfide) groups is 1. The largest absolute Gasteiger partial charge is 0.491 e. The van der Waals surface area contributed by atoms with Gasteiger partial charge in [0.05, 0.1) is 16.3 Å². The fourth-order valence-corrected chi connectivity index (χ4v) is 3.15. The van der Waals surface area contributed by atoms with Crippen molar-refractivity contribution in [1.29, 1.82) is 0 Å². The standard InChI is InChI=1S/C21H20ClN5O3S/c1-31-14-5-6-15(17(11-14)30-10-8-23)20(28)26-16-3-2-9-24-19(16)21(29)27-18-7-4-13(22)12-25-18/h2-7,9,11-12H,8,10,23H2,1H3,(H,26,28)(H,25,27,29). The molecule has 0 spiro atoms. The molecule has 3 aromatic rings. The summed E-state index contributed by atoms with van der Waals surface area (Å²) in [6.07, 6.45) is 4.81. The van der Waals surface area contributed by atoms with Gasteiger partial charge in [-0.1, -0.05) is 11.6 Å². The summed E-state index contributed by atoms with van der Waals surface area (Å²) >= 11 is 7.34. The van der Waals surface area contributed by atoms with Crippen LogP contribution in [-0.4, -0.2) is 41.2 Å². The minimum Gasteiger partial charge on any atom is -0.491 e. The summed E-state index contributed by atoms with van der Waals surface area (Å²) in [5.41, 5.74) is 6.13. The molecule has 0 bridgehead atoms. The van der Waals surface area contributed by atoms with Crippen LogP contribution in [0.3, 0.4) is 0 Å². The van der Waals surface area contributed by atoms with E-state index in [1.54, 1.807) is 36.4 Å². The lowest BCUT2D eigenvalue weighted by molar-refractivity contribution is 0.102. The molecule has 0 saturated heterocycles. The first-order chi connectivity index (χ1) is 15.0. The molecule has 3 rings (SSSR count). The number of aromatic nitrogens is 2. The first kappa shape index (κ1) is 22.5. The smallest absolute Gasteiger partial charge is 0.277 e. The third-order valence-corrected chi connectivity index (χ3v) is 5.00. The van der Waals surface area contributed by atoms with E-state index >= 15 is 0 Å². The van der Waals surface area contributed by atoms with Crippen LogP contribution in [-0.2, 0) is 0 Å². The molecular weight excluding hydrogens is 438 g/mol. The van der Waals surface area contributed by atoms with Crippen molar-refractivity contribution in [1.82, 2.24) is 9.97 Å². The molecule has 0 aliphatic heterocycles. The van der Waals surface area contributed by atoms with Gasteiger partial charge >= 0.3 is 0 Å². The molecule has 160 valence electrons. The van der Waals surface area contributed by atoms with Crippen molar-refractivity contribution in [2.45, 2.75) is 4.90 Å². The number of rotatable bonds is 8. The van der Waals surface area contributed by atoms with Crippen LogP contribution in [0.2, 0.25) is 5.02 Å². The van der Waals surface area contributed by atoms with E-state index in [2.05, 4.69) is 20.6 Å². The zero-order valence-electron chi connectivity index (χ0n) is 16.6. The molecule has 0 radical (unpaired) electrons. The predicted molar refractivity (Wildman–Crippen MR) is 122 cm³/mol. The van der Waals surface area contributed by atoms with Gasteiger partial charge in [-0.25, -0.2) is 9.97 Å². The number of ether oxygens (including phenoxy) is 1. The number of nitrogens with two attached hydrogens (primary N) is 1. The van der Waals surface area contributed by atoms with Gasteiger partial charge < -0.3 is 21.1 Å². The second kappa shape index (κ2) is 10.8. The highest BCUT2D eigenvalue weighted by molar-refractivity contribution is 7.98. The summed E-state index contributed by atoms with van der Waals surface area (Å²) in [6, 6.07) is 11.6. The Morgan fingerprint density at radius 3 is 2.68 bits per heavy atom. The van der Waals surface area contributed by atoms with Crippen LogP contribution < -0.4 is 21.1 Å². The maximum absolute atomic E-state index is 13.0. The Bertz CT molecular complexity index is 1080. The molecule has 0 atom stereocenters. The van der Waals surface area contributed by atoms with Gasteiger partial charge in [-0.15, -0.1) is 11.8 Å². The second-order valence-corrected chi connectivity index (χ2v) is 7.48. The average Bonchev–Trinajstić information content (AvgIpc) is 2.79. The Balaban J connectivity index is 1.82. The summed E-state index contributed by atoms with van der Waals surface area (Å²) < 4.78 is 5.64. The summed E-state index contributed by atoms with van der Waals surface area (Å²) in [5.74, 6) is -0.244. The van der Waals surface area contributed by atoms with Crippen LogP contribution >= 0.6 is 23.4 Å². The van der Waals surface area contributed by atoms with E-state index in [4.69, 9.17) is 22.1 Å². The van der Waals surface area contributed by atoms with Crippen LogP contribution in [0.1, 0.15) is 20.8 Å². The van der Waals surface area contributed by atoms with Crippen LogP contribution in [0.4, 0.5) is 11.5 Å². The van der Waals surface area contributed by atoms with Crippen molar-refractivity contribution >= 4 is 46.7 Å². The molecule has 0 saturated carbocycles. The van der Waals surface area contributed by atoms with Gasteiger partial charge in [0.1, 0.15) is 18.2 Å². The second-order valence-electron chi connectivity index (χ2n) is 6.17. The Hall–Kier alpha value is -3.14. The minimum absolute atomic E-state index is 0.0396. The van der Waals surface area contributed by atoms with Crippen molar-refractivity contribution in [3.63, 3.8) is 0 Å². The molecule has 4 N–H and O–H groups in total. The molecule has 0 aliphatic carbocycles. The molecular formula is C21H20ClN5O3S. The lowest BCUT2D eigenvalue weighted by Crippen LogP contribution is -2.21. The maximum atomic E-state index is 13.0. The Labute approximate surface area is 188 Å². The van der Waals surface area contributed by atoms with Gasteiger partial charge in [0.15, 0.2) is 5.69 Å². The van der Waals surface area contributed by atoms with E-state index in [1.165, 1.54) is 24.2 Å². The van der Waals surface area contributed by atoms with Crippen LogP contribution in [0.5, 0.6) is 5.75 Å². The van der Waals surface area contributed by atoms with Crippen LogP contribution in [0.25, 0.3) is 0 Å². The summed E-state index contributed by atoms with van der Waals surface area (Å²) in [5, 5.41) is 5.81. The Morgan fingerprint density at radius 1 is 1.13 bits per heavy atom. The number of hydrogen-bond donors (Lipinski definition) is 3. The Kier molecular flexibility index (Phi) is 7.82. The van der Waals surface area contributed by atoms with Gasteiger partial charge in [-0.2, -0.15) is 0 Å². The van der Waals surface area contributed by atoms with Gasteiger partial charge in [0.25, 0.3) is 11.8 Å². The summed E-state index contributed by atoms with van der Waals surface area (Å²) in [4.78, 5) is 34.7. The number of nitrogens with one attached hydrogen (secondary N) is 2. The summed E-state index contributed by atoms with van der Waals surface area (Å²) in [7, 11) is 0.